The molecule has 0 bridgehead atoms. The minimum Gasteiger partial charge on any atom is -0.118 e. The van der Waals surface area contributed by atoms with Crippen LogP contribution in [0.25, 0.3) is 0 Å². The van der Waals surface area contributed by atoms with Crippen molar-refractivity contribution in [3.8, 4) is 0 Å². The second-order valence-corrected chi connectivity index (χ2v) is 3.74. The molecule has 2 heteroatoms. The molecule has 0 radical (unpaired) electrons. The quantitative estimate of drug-likeness (QED) is 0.631. The van der Waals surface area contributed by atoms with E-state index in [1.54, 1.807) is 0 Å². The standard InChI is InChI=1S/C8H8BrCl/c1-6(10)7-3-2-4-8(9)5-7/h2-6H,1H3. The Morgan fingerprint density at radius 1 is 1.50 bits per heavy atom. The molecule has 0 saturated heterocycles. The first-order valence-electron chi connectivity index (χ1n) is 3.09. The average molecular weight is 220 g/mol. The monoisotopic (exact) mass is 218 g/mol. The van der Waals surface area contributed by atoms with Gasteiger partial charge in [-0.15, -0.1) is 11.6 Å². The zero-order valence-corrected chi connectivity index (χ0v) is 7.98. The summed E-state index contributed by atoms with van der Waals surface area (Å²) in [6.07, 6.45) is 0. The van der Waals surface area contributed by atoms with E-state index in [0.717, 1.165) is 10.0 Å². The number of alkyl halides is 1. The highest BCUT2D eigenvalue weighted by Gasteiger charge is 1.99. The molecule has 0 saturated carbocycles. The van der Waals surface area contributed by atoms with Gasteiger partial charge in [0.15, 0.2) is 0 Å². The molecule has 0 aliphatic rings. The van der Waals surface area contributed by atoms with Gasteiger partial charge >= 0.3 is 0 Å². The van der Waals surface area contributed by atoms with Gasteiger partial charge in [0, 0.05) is 4.47 Å². The fraction of sp³-hybridized carbons (Fsp3) is 0.250. The van der Waals surface area contributed by atoms with Gasteiger partial charge in [-0.25, -0.2) is 0 Å². The van der Waals surface area contributed by atoms with Crippen molar-refractivity contribution in [1.29, 1.82) is 0 Å². The third kappa shape index (κ3) is 1.99. The maximum absolute atomic E-state index is 5.85. The zero-order chi connectivity index (χ0) is 7.56. The Morgan fingerprint density at radius 2 is 2.20 bits per heavy atom. The van der Waals surface area contributed by atoms with Gasteiger partial charge in [-0.1, -0.05) is 28.1 Å². The molecule has 0 aromatic heterocycles. The molecule has 1 aromatic carbocycles. The second-order valence-electron chi connectivity index (χ2n) is 2.17. The van der Waals surface area contributed by atoms with Crippen LogP contribution in [0.5, 0.6) is 0 Å². The highest BCUT2D eigenvalue weighted by atomic mass is 79.9. The number of benzene rings is 1. The second kappa shape index (κ2) is 3.40. The van der Waals surface area contributed by atoms with Crippen molar-refractivity contribution in [3.05, 3.63) is 34.3 Å². The molecule has 0 amide bonds. The van der Waals surface area contributed by atoms with E-state index in [0.29, 0.717) is 0 Å². The van der Waals surface area contributed by atoms with Crippen LogP contribution in [0.4, 0.5) is 0 Å². The minimum absolute atomic E-state index is 0.0949. The Morgan fingerprint density at radius 3 is 2.60 bits per heavy atom. The van der Waals surface area contributed by atoms with Gasteiger partial charge in [0.2, 0.25) is 0 Å². The van der Waals surface area contributed by atoms with Gasteiger partial charge in [-0.05, 0) is 24.6 Å². The topological polar surface area (TPSA) is 0 Å². The smallest absolute Gasteiger partial charge is 0.0557 e. The molecule has 0 aliphatic carbocycles. The molecule has 10 heavy (non-hydrogen) atoms. The number of rotatable bonds is 1. The lowest BCUT2D eigenvalue weighted by atomic mass is 10.2. The van der Waals surface area contributed by atoms with Crippen LogP contribution in [0.1, 0.15) is 17.9 Å². The Balaban J connectivity index is 2.96. The summed E-state index contributed by atoms with van der Waals surface area (Å²) in [5.41, 5.74) is 1.15. The fourth-order valence-electron chi connectivity index (χ4n) is 0.754. The van der Waals surface area contributed by atoms with Crippen LogP contribution in [0.15, 0.2) is 28.7 Å². The van der Waals surface area contributed by atoms with Crippen LogP contribution in [-0.4, -0.2) is 0 Å². The predicted molar refractivity (Wildman–Crippen MR) is 48.4 cm³/mol. The van der Waals surface area contributed by atoms with E-state index in [1.165, 1.54) is 0 Å². The van der Waals surface area contributed by atoms with E-state index in [1.807, 2.05) is 31.2 Å². The van der Waals surface area contributed by atoms with Gasteiger partial charge < -0.3 is 0 Å². The van der Waals surface area contributed by atoms with Crippen molar-refractivity contribution in [2.24, 2.45) is 0 Å². The maximum atomic E-state index is 5.85. The summed E-state index contributed by atoms with van der Waals surface area (Å²) >= 11 is 9.23. The molecule has 1 atom stereocenters. The number of halogens is 2. The Bertz CT molecular complexity index is 220. The molecular formula is C8H8BrCl. The fourth-order valence-corrected chi connectivity index (χ4v) is 1.31. The predicted octanol–water partition coefficient (Wildman–Crippen LogP) is 3.75. The van der Waals surface area contributed by atoms with Crippen molar-refractivity contribution in [3.63, 3.8) is 0 Å². The maximum Gasteiger partial charge on any atom is 0.0557 e. The minimum atomic E-state index is 0.0949. The summed E-state index contributed by atoms with van der Waals surface area (Å²) < 4.78 is 1.08. The van der Waals surface area contributed by atoms with Gasteiger partial charge in [-0.2, -0.15) is 0 Å². The molecule has 1 rings (SSSR count). The first-order valence-corrected chi connectivity index (χ1v) is 4.32. The molecule has 0 nitrogen and oxygen atoms in total. The summed E-state index contributed by atoms with van der Waals surface area (Å²) in [6.45, 7) is 1.96. The third-order valence-corrected chi connectivity index (χ3v) is 2.05. The van der Waals surface area contributed by atoms with Crippen LogP contribution in [0.3, 0.4) is 0 Å². The molecule has 0 N–H and O–H groups in total. The molecule has 0 heterocycles. The van der Waals surface area contributed by atoms with Crippen LogP contribution in [0.2, 0.25) is 0 Å². The Labute approximate surface area is 74.3 Å². The van der Waals surface area contributed by atoms with Crippen molar-refractivity contribution in [2.75, 3.05) is 0 Å². The van der Waals surface area contributed by atoms with E-state index < -0.39 is 0 Å². The molecule has 0 aliphatic heterocycles. The SMILES string of the molecule is CC(Cl)c1cccc(Br)c1. The van der Waals surface area contributed by atoms with E-state index in [4.69, 9.17) is 11.6 Å². The summed E-state index contributed by atoms with van der Waals surface area (Å²) in [4.78, 5) is 0. The van der Waals surface area contributed by atoms with E-state index in [2.05, 4.69) is 15.9 Å². The highest BCUT2D eigenvalue weighted by molar-refractivity contribution is 9.10. The third-order valence-electron chi connectivity index (χ3n) is 1.31. The van der Waals surface area contributed by atoms with Crippen LogP contribution in [0, 0.1) is 0 Å². The van der Waals surface area contributed by atoms with Crippen LogP contribution < -0.4 is 0 Å². The summed E-state index contributed by atoms with van der Waals surface area (Å²) in [6, 6.07) is 8.02. The van der Waals surface area contributed by atoms with E-state index in [-0.39, 0.29) is 5.38 Å². The van der Waals surface area contributed by atoms with Crippen molar-refractivity contribution < 1.29 is 0 Å². The Kier molecular flexibility index (Phi) is 2.75. The lowest BCUT2D eigenvalue weighted by molar-refractivity contribution is 1.08. The molecule has 1 unspecified atom stereocenters. The van der Waals surface area contributed by atoms with Gasteiger partial charge in [0.1, 0.15) is 0 Å². The average Bonchev–Trinajstić information content (AvgIpc) is 1.88. The zero-order valence-electron chi connectivity index (χ0n) is 5.64. The van der Waals surface area contributed by atoms with Crippen molar-refractivity contribution >= 4 is 27.5 Å². The first kappa shape index (κ1) is 8.09. The molecule has 0 fully saturated rings. The normalized spacial score (nSPS) is 13.1. The molecule has 1 aromatic rings. The summed E-state index contributed by atoms with van der Waals surface area (Å²) in [7, 11) is 0. The number of hydrogen-bond donors (Lipinski definition) is 0. The first-order chi connectivity index (χ1) is 4.70. The lowest BCUT2D eigenvalue weighted by Crippen LogP contribution is -1.81. The highest BCUT2D eigenvalue weighted by Crippen LogP contribution is 2.21. The van der Waals surface area contributed by atoms with Gasteiger partial charge in [-0.3, -0.25) is 0 Å². The largest absolute Gasteiger partial charge is 0.118 e. The Hall–Kier alpha value is -0.0100. The van der Waals surface area contributed by atoms with Crippen LogP contribution in [-0.2, 0) is 0 Å². The molecular weight excluding hydrogens is 211 g/mol. The van der Waals surface area contributed by atoms with Crippen molar-refractivity contribution in [2.45, 2.75) is 12.3 Å². The van der Waals surface area contributed by atoms with Crippen LogP contribution >= 0.6 is 27.5 Å². The summed E-state index contributed by atoms with van der Waals surface area (Å²) in [5, 5.41) is 0.0949. The van der Waals surface area contributed by atoms with E-state index in [9.17, 15) is 0 Å². The van der Waals surface area contributed by atoms with Gasteiger partial charge in [0.05, 0.1) is 5.38 Å². The molecule has 0 spiro atoms. The molecule has 54 valence electrons. The van der Waals surface area contributed by atoms with E-state index >= 15 is 0 Å². The summed E-state index contributed by atoms with van der Waals surface area (Å²) in [5.74, 6) is 0. The lowest BCUT2D eigenvalue weighted by Gasteiger charge is -2.01. The van der Waals surface area contributed by atoms with Gasteiger partial charge in [0.25, 0.3) is 0 Å². The van der Waals surface area contributed by atoms with Crippen molar-refractivity contribution in [1.82, 2.24) is 0 Å². The number of hydrogen-bond acceptors (Lipinski definition) is 0.